The smallest absolute Gasteiger partial charge is 0.463 e. The molecule has 0 spiro atoms. The predicted octanol–water partition coefficient (Wildman–Crippen LogP) is 23.1. The summed E-state index contributed by atoms with van der Waals surface area (Å²) in [6, 6.07) is 0. The van der Waals surface area contributed by atoms with Crippen LogP contribution in [0.5, 0.6) is 0 Å². The van der Waals surface area contributed by atoms with E-state index in [9.17, 15) is 43.5 Å². The van der Waals surface area contributed by atoms with Gasteiger partial charge in [0, 0.05) is 19.3 Å². The van der Waals surface area contributed by atoms with Crippen molar-refractivity contribution in [2.24, 2.45) is 0 Å². The molecule has 101 heavy (non-hydrogen) atoms. The zero-order chi connectivity index (χ0) is 73.7. The molecule has 0 bridgehead atoms. The van der Waals surface area contributed by atoms with Crippen LogP contribution in [0.3, 0.4) is 0 Å². The van der Waals surface area contributed by atoms with Gasteiger partial charge in [0.05, 0.1) is 26.4 Å². The van der Waals surface area contributed by atoms with Gasteiger partial charge in [-0.1, -0.05) is 302 Å². The summed E-state index contributed by atoms with van der Waals surface area (Å²) < 4.78 is 61.0. The standard InChI is InChI=1S/C83H142O16P2/c1-4-7-10-13-16-19-22-25-27-29-30-31-32-33-34-35-36-37-38-39-40-41-42-43-44-45-46-48-50-52-54-57-60-63-66-69-81(86)93-72-78(84)73-95-100(89,90)96-74-79(85)75-97-101(91,92)98-77-80(99-83(88)71-68-65-62-59-56-51-24-21-18-15-12-9-6-3)76-94-82(87)70-67-64-61-58-55-53-49-47-28-26-23-20-17-14-11-8-5-2/h7-8,10-12,15-17,19-21,24-28,30-31,33-34,36-37,78-80,84-85H,4-6,9,13-14,18,22-23,29,32,35,38-77H2,1-3H3,(H,89,90)(H,91,92)/b10-7-,11-8-,15-12-,19-16-,20-17-,24-21-,27-25-,28-26-,31-30-,34-33-,37-36-. The second kappa shape index (κ2) is 75.4. The molecule has 0 saturated carbocycles. The fraction of sp³-hybridized carbons (Fsp3) is 0.699. The molecule has 0 aromatic heterocycles. The van der Waals surface area contributed by atoms with Gasteiger partial charge in [0.2, 0.25) is 0 Å². The Morgan fingerprint density at radius 2 is 0.525 bits per heavy atom. The van der Waals surface area contributed by atoms with Crippen LogP contribution < -0.4 is 0 Å². The number of aliphatic hydroxyl groups is 2. The molecule has 580 valence electrons. The van der Waals surface area contributed by atoms with Crippen molar-refractivity contribution >= 4 is 33.6 Å². The van der Waals surface area contributed by atoms with Gasteiger partial charge in [-0.15, -0.1) is 0 Å². The molecule has 0 aromatic rings. The van der Waals surface area contributed by atoms with E-state index in [1.54, 1.807) is 0 Å². The number of carbonyl (C=O) groups excluding carboxylic acids is 3. The number of allylic oxidation sites excluding steroid dienone is 22. The quantitative estimate of drug-likeness (QED) is 0.0146. The third-order valence-corrected chi connectivity index (χ3v) is 18.2. The number of hydrogen-bond donors (Lipinski definition) is 4. The summed E-state index contributed by atoms with van der Waals surface area (Å²) in [6.45, 7) is 2.37. The molecule has 5 unspecified atom stereocenters. The van der Waals surface area contributed by atoms with Gasteiger partial charge in [-0.05, 0) is 128 Å². The summed E-state index contributed by atoms with van der Waals surface area (Å²) in [5, 5.41) is 20.6. The monoisotopic (exact) mass is 1460 g/mol. The van der Waals surface area contributed by atoms with E-state index in [1.807, 2.05) is 0 Å². The van der Waals surface area contributed by atoms with Gasteiger partial charge in [0.1, 0.15) is 25.4 Å². The van der Waals surface area contributed by atoms with E-state index in [1.165, 1.54) is 83.5 Å². The maximum Gasteiger partial charge on any atom is 0.472 e. The van der Waals surface area contributed by atoms with Gasteiger partial charge in [-0.25, -0.2) is 9.13 Å². The highest BCUT2D eigenvalue weighted by Gasteiger charge is 2.29. The van der Waals surface area contributed by atoms with Crippen molar-refractivity contribution in [1.29, 1.82) is 0 Å². The highest BCUT2D eigenvalue weighted by atomic mass is 31.2. The average Bonchev–Trinajstić information content (AvgIpc) is 0.940. The Bertz CT molecular complexity index is 2370. The van der Waals surface area contributed by atoms with Crippen LogP contribution in [0.15, 0.2) is 134 Å². The topological polar surface area (TPSA) is 231 Å². The number of hydrogen-bond acceptors (Lipinski definition) is 14. The number of unbranched alkanes of at least 4 members (excludes halogenated alkanes) is 29. The van der Waals surface area contributed by atoms with E-state index in [0.29, 0.717) is 19.3 Å². The molecule has 4 N–H and O–H groups in total. The van der Waals surface area contributed by atoms with Gasteiger partial charge in [-0.3, -0.25) is 32.5 Å². The molecular weight excluding hydrogens is 1310 g/mol. The van der Waals surface area contributed by atoms with Crippen molar-refractivity contribution in [2.45, 2.75) is 334 Å². The Morgan fingerprint density at radius 3 is 0.832 bits per heavy atom. The van der Waals surface area contributed by atoms with E-state index >= 15 is 0 Å². The van der Waals surface area contributed by atoms with Crippen LogP contribution >= 0.6 is 15.6 Å². The zero-order valence-corrected chi connectivity index (χ0v) is 65.1. The number of phosphoric ester groups is 2. The van der Waals surface area contributed by atoms with Crippen molar-refractivity contribution in [2.75, 3.05) is 39.6 Å². The van der Waals surface area contributed by atoms with Crippen molar-refractivity contribution in [3.8, 4) is 0 Å². The molecule has 0 aliphatic heterocycles. The first-order valence-electron chi connectivity index (χ1n) is 39.5. The fourth-order valence-corrected chi connectivity index (χ4v) is 12.0. The molecule has 18 heteroatoms. The van der Waals surface area contributed by atoms with E-state index in [4.69, 9.17) is 32.3 Å². The van der Waals surface area contributed by atoms with Crippen molar-refractivity contribution in [3.05, 3.63) is 134 Å². The minimum Gasteiger partial charge on any atom is -0.463 e. The molecular formula is C83H142O16P2. The first-order valence-corrected chi connectivity index (χ1v) is 42.5. The van der Waals surface area contributed by atoms with Crippen LogP contribution in [0.25, 0.3) is 0 Å². The molecule has 0 fully saturated rings. The highest BCUT2D eigenvalue weighted by Crippen LogP contribution is 2.45. The molecule has 0 rings (SSSR count). The van der Waals surface area contributed by atoms with Crippen LogP contribution in [0, 0.1) is 0 Å². The van der Waals surface area contributed by atoms with Crippen molar-refractivity contribution < 1.29 is 75.8 Å². The van der Waals surface area contributed by atoms with Crippen LogP contribution in [0.1, 0.15) is 316 Å². The summed E-state index contributed by atoms with van der Waals surface area (Å²) in [6.07, 6.45) is 91.0. The summed E-state index contributed by atoms with van der Waals surface area (Å²) in [7, 11) is -9.79. The minimum absolute atomic E-state index is 0.0847. The van der Waals surface area contributed by atoms with Gasteiger partial charge >= 0.3 is 33.6 Å². The zero-order valence-electron chi connectivity index (χ0n) is 63.3. The Labute approximate surface area is 614 Å². The van der Waals surface area contributed by atoms with Crippen LogP contribution in [-0.4, -0.2) is 95.9 Å². The number of ether oxygens (including phenoxy) is 3. The molecule has 16 nitrogen and oxygen atoms in total. The lowest BCUT2D eigenvalue weighted by atomic mass is 10.0. The van der Waals surface area contributed by atoms with E-state index in [2.05, 4.69) is 154 Å². The average molecular weight is 1460 g/mol. The molecule has 0 heterocycles. The second-order valence-electron chi connectivity index (χ2n) is 26.1. The number of aliphatic hydroxyl groups excluding tert-OH is 2. The Kier molecular flexibility index (Phi) is 72.2. The first kappa shape index (κ1) is 96.7. The summed E-state index contributed by atoms with van der Waals surface area (Å²) in [4.78, 5) is 58.5. The summed E-state index contributed by atoms with van der Waals surface area (Å²) >= 11 is 0. The Morgan fingerprint density at radius 1 is 0.287 bits per heavy atom. The summed E-state index contributed by atoms with van der Waals surface area (Å²) in [5.41, 5.74) is 0. The third kappa shape index (κ3) is 76.6. The van der Waals surface area contributed by atoms with Crippen molar-refractivity contribution in [3.63, 3.8) is 0 Å². The Balaban J connectivity index is 4.36. The normalized spacial score (nSPS) is 14.7. The molecule has 0 saturated heterocycles. The number of esters is 3. The first-order chi connectivity index (χ1) is 49.2. The maximum atomic E-state index is 12.9. The molecule has 5 atom stereocenters. The summed E-state index contributed by atoms with van der Waals surface area (Å²) in [5.74, 6) is -1.60. The molecule has 0 radical (unpaired) electrons. The van der Waals surface area contributed by atoms with Crippen molar-refractivity contribution in [1.82, 2.24) is 0 Å². The van der Waals surface area contributed by atoms with E-state index in [-0.39, 0.29) is 19.3 Å². The molecule has 0 aromatic carbocycles. The lowest BCUT2D eigenvalue weighted by Crippen LogP contribution is -2.30. The number of rotatable bonds is 74. The lowest BCUT2D eigenvalue weighted by Gasteiger charge is -2.21. The van der Waals surface area contributed by atoms with Crippen LogP contribution in [0.2, 0.25) is 0 Å². The largest absolute Gasteiger partial charge is 0.472 e. The minimum atomic E-state index is -4.93. The number of phosphoric acid groups is 2. The van der Waals surface area contributed by atoms with Gasteiger partial charge in [-0.2, -0.15) is 0 Å². The lowest BCUT2D eigenvalue weighted by molar-refractivity contribution is -0.161. The van der Waals surface area contributed by atoms with E-state index in [0.717, 1.165) is 173 Å². The molecule has 0 aliphatic carbocycles. The number of carbonyl (C=O) groups is 3. The highest BCUT2D eigenvalue weighted by molar-refractivity contribution is 7.47. The Hall–Kier alpha value is -4.31. The maximum absolute atomic E-state index is 12.9. The molecule has 0 amide bonds. The van der Waals surface area contributed by atoms with Crippen LogP contribution in [0.4, 0.5) is 0 Å². The predicted molar refractivity (Wildman–Crippen MR) is 417 cm³/mol. The second-order valence-corrected chi connectivity index (χ2v) is 29.0. The van der Waals surface area contributed by atoms with Gasteiger partial charge in [0.15, 0.2) is 6.10 Å². The van der Waals surface area contributed by atoms with E-state index < -0.39 is 91.5 Å². The SMILES string of the molecule is CC/C=C\C/C=C\C/C=C\C/C=C\C/C=C\C/C=C\CCCCCCCCCCCCCCCCCCC(=O)OCC(O)COP(=O)(O)OCC(O)COP(=O)(O)OCC(COC(=O)CCCCCCCCC/C=C\C/C=C\C/C=C\CC)OC(=O)CCCCCCC/C=C\C/C=C\CCC. The van der Waals surface area contributed by atoms with Gasteiger partial charge < -0.3 is 34.2 Å². The van der Waals surface area contributed by atoms with Gasteiger partial charge in [0.25, 0.3) is 0 Å². The molecule has 0 aliphatic rings. The van der Waals surface area contributed by atoms with Crippen LogP contribution in [-0.2, 0) is 55.8 Å². The third-order valence-electron chi connectivity index (χ3n) is 16.3. The fourth-order valence-electron chi connectivity index (χ4n) is 10.4.